The van der Waals surface area contributed by atoms with Gasteiger partial charge in [-0.05, 0) is 42.7 Å². The number of para-hydroxylation sites is 3. The largest absolute Gasteiger partial charge is 0.491 e. The lowest BCUT2D eigenvalue weighted by Gasteiger charge is -2.13. The van der Waals surface area contributed by atoms with E-state index < -0.39 is 0 Å². The lowest BCUT2D eigenvalue weighted by atomic mass is 10.1. The van der Waals surface area contributed by atoms with E-state index in [0.717, 1.165) is 24.3 Å². The van der Waals surface area contributed by atoms with E-state index in [1.165, 1.54) is 5.56 Å². The number of carbonyl (C=O) groups excluding carboxylic acids is 1. The number of carbonyl (C=O) groups is 1. The van der Waals surface area contributed by atoms with Gasteiger partial charge < -0.3 is 15.4 Å². The Kier molecular flexibility index (Phi) is 7.33. The van der Waals surface area contributed by atoms with Crippen LogP contribution in [0.2, 0.25) is 5.02 Å². The molecular formula is C23H23ClN2O2. The predicted molar refractivity (Wildman–Crippen MR) is 115 cm³/mol. The molecule has 0 heterocycles. The number of ether oxygens (including phenoxy) is 1. The molecule has 0 bridgehead atoms. The van der Waals surface area contributed by atoms with Gasteiger partial charge in [0, 0.05) is 0 Å². The Morgan fingerprint density at radius 2 is 1.54 bits per heavy atom. The molecule has 0 fully saturated rings. The fourth-order valence-electron chi connectivity index (χ4n) is 2.77. The Morgan fingerprint density at radius 3 is 2.32 bits per heavy atom. The van der Waals surface area contributed by atoms with Gasteiger partial charge >= 0.3 is 0 Å². The molecular weight excluding hydrogens is 372 g/mol. The van der Waals surface area contributed by atoms with E-state index in [1.807, 2.05) is 54.6 Å². The minimum atomic E-state index is -0.174. The number of anilines is 2. The molecule has 3 aromatic rings. The summed E-state index contributed by atoms with van der Waals surface area (Å²) >= 11 is 6.07. The van der Waals surface area contributed by atoms with Crippen molar-refractivity contribution in [1.29, 1.82) is 0 Å². The van der Waals surface area contributed by atoms with Crippen molar-refractivity contribution in [3.8, 4) is 5.75 Å². The third-order valence-electron chi connectivity index (χ3n) is 4.18. The van der Waals surface area contributed by atoms with Crippen molar-refractivity contribution in [1.82, 2.24) is 0 Å². The van der Waals surface area contributed by atoms with Crippen molar-refractivity contribution in [3.63, 3.8) is 0 Å². The van der Waals surface area contributed by atoms with Crippen LogP contribution < -0.4 is 15.4 Å². The highest BCUT2D eigenvalue weighted by molar-refractivity contribution is 6.33. The SMILES string of the molecule is O=C(CNc1ccccc1OCCCc1ccccc1)Nc1ccccc1Cl. The third-order valence-corrected chi connectivity index (χ3v) is 4.51. The summed E-state index contributed by atoms with van der Waals surface area (Å²) in [4.78, 5) is 12.2. The maximum atomic E-state index is 12.2. The zero-order chi connectivity index (χ0) is 19.6. The van der Waals surface area contributed by atoms with E-state index in [1.54, 1.807) is 12.1 Å². The zero-order valence-electron chi connectivity index (χ0n) is 15.5. The van der Waals surface area contributed by atoms with Gasteiger partial charge in [-0.15, -0.1) is 0 Å². The van der Waals surface area contributed by atoms with Gasteiger partial charge in [-0.3, -0.25) is 4.79 Å². The normalized spacial score (nSPS) is 10.3. The molecule has 0 aliphatic carbocycles. The number of aryl methyl sites for hydroxylation is 1. The molecule has 2 N–H and O–H groups in total. The molecule has 28 heavy (non-hydrogen) atoms. The van der Waals surface area contributed by atoms with Crippen LogP contribution in [0.4, 0.5) is 11.4 Å². The smallest absolute Gasteiger partial charge is 0.243 e. The lowest BCUT2D eigenvalue weighted by Crippen LogP contribution is -2.22. The molecule has 0 atom stereocenters. The number of hydrogen-bond acceptors (Lipinski definition) is 3. The Labute approximate surface area is 170 Å². The Morgan fingerprint density at radius 1 is 0.857 bits per heavy atom. The summed E-state index contributed by atoms with van der Waals surface area (Å²) < 4.78 is 5.91. The summed E-state index contributed by atoms with van der Waals surface area (Å²) in [5.74, 6) is 0.563. The van der Waals surface area contributed by atoms with E-state index in [4.69, 9.17) is 16.3 Å². The van der Waals surface area contributed by atoms with Crippen molar-refractivity contribution in [2.24, 2.45) is 0 Å². The van der Waals surface area contributed by atoms with Gasteiger partial charge in [0.25, 0.3) is 0 Å². The molecule has 3 aromatic carbocycles. The summed E-state index contributed by atoms with van der Waals surface area (Å²) in [6.45, 7) is 0.731. The Hall–Kier alpha value is -2.98. The van der Waals surface area contributed by atoms with Crippen molar-refractivity contribution in [2.45, 2.75) is 12.8 Å². The van der Waals surface area contributed by atoms with Gasteiger partial charge in [0.2, 0.25) is 5.91 Å². The molecule has 5 heteroatoms. The summed E-state index contributed by atoms with van der Waals surface area (Å²) in [5, 5.41) is 6.44. The summed E-state index contributed by atoms with van der Waals surface area (Å²) in [6.07, 6.45) is 1.89. The molecule has 4 nitrogen and oxygen atoms in total. The minimum absolute atomic E-state index is 0.121. The second-order valence-electron chi connectivity index (χ2n) is 6.32. The number of rotatable bonds is 9. The third kappa shape index (κ3) is 6.03. The number of hydrogen-bond donors (Lipinski definition) is 2. The zero-order valence-corrected chi connectivity index (χ0v) is 16.3. The van der Waals surface area contributed by atoms with Crippen LogP contribution in [0.3, 0.4) is 0 Å². The molecule has 144 valence electrons. The fourth-order valence-corrected chi connectivity index (χ4v) is 2.96. The van der Waals surface area contributed by atoms with Gasteiger partial charge in [-0.1, -0.05) is 66.2 Å². The highest BCUT2D eigenvalue weighted by Gasteiger charge is 2.08. The predicted octanol–water partition coefficient (Wildman–Crippen LogP) is 5.40. The monoisotopic (exact) mass is 394 g/mol. The van der Waals surface area contributed by atoms with Crippen LogP contribution in [0.25, 0.3) is 0 Å². The molecule has 0 radical (unpaired) electrons. The average Bonchev–Trinajstić information content (AvgIpc) is 2.73. The van der Waals surface area contributed by atoms with Crippen LogP contribution in [0.1, 0.15) is 12.0 Å². The Bertz CT molecular complexity index is 900. The average molecular weight is 395 g/mol. The van der Waals surface area contributed by atoms with Gasteiger partial charge in [0.1, 0.15) is 5.75 Å². The summed E-state index contributed by atoms with van der Waals surface area (Å²) in [6, 6.07) is 25.1. The van der Waals surface area contributed by atoms with Crippen molar-refractivity contribution < 1.29 is 9.53 Å². The first kappa shape index (κ1) is 19.8. The molecule has 0 spiro atoms. The molecule has 0 saturated heterocycles. The van der Waals surface area contributed by atoms with E-state index in [2.05, 4.69) is 22.8 Å². The van der Waals surface area contributed by atoms with Crippen molar-refractivity contribution in [2.75, 3.05) is 23.8 Å². The molecule has 0 aliphatic heterocycles. The van der Waals surface area contributed by atoms with Crippen molar-refractivity contribution >= 4 is 28.9 Å². The maximum Gasteiger partial charge on any atom is 0.243 e. The van der Waals surface area contributed by atoms with Crippen LogP contribution in [-0.4, -0.2) is 19.1 Å². The standard InChI is InChI=1S/C23H23ClN2O2/c24-19-12-4-5-13-20(19)26-23(27)17-25-21-14-6-7-15-22(21)28-16-8-11-18-9-2-1-3-10-18/h1-7,9-10,12-15,25H,8,11,16-17H2,(H,26,27). The maximum absolute atomic E-state index is 12.2. The molecule has 3 rings (SSSR count). The second-order valence-corrected chi connectivity index (χ2v) is 6.72. The highest BCUT2D eigenvalue weighted by Crippen LogP contribution is 2.24. The molecule has 0 aromatic heterocycles. The Balaban J connectivity index is 1.48. The van der Waals surface area contributed by atoms with Gasteiger partial charge in [-0.2, -0.15) is 0 Å². The van der Waals surface area contributed by atoms with Gasteiger partial charge in [-0.25, -0.2) is 0 Å². The van der Waals surface area contributed by atoms with Crippen molar-refractivity contribution in [3.05, 3.63) is 89.4 Å². The fraction of sp³-hybridized carbons (Fsp3) is 0.174. The first-order valence-corrected chi connectivity index (χ1v) is 9.64. The van der Waals surface area contributed by atoms with Crippen LogP contribution in [-0.2, 0) is 11.2 Å². The highest BCUT2D eigenvalue weighted by atomic mass is 35.5. The first-order chi connectivity index (χ1) is 13.7. The van der Waals surface area contributed by atoms with Crippen LogP contribution >= 0.6 is 11.6 Å². The number of halogens is 1. The van der Waals surface area contributed by atoms with Crippen LogP contribution in [0.5, 0.6) is 5.75 Å². The van der Waals surface area contributed by atoms with E-state index in [9.17, 15) is 4.79 Å². The van der Waals surface area contributed by atoms with Crippen LogP contribution in [0, 0.1) is 0 Å². The first-order valence-electron chi connectivity index (χ1n) is 9.26. The summed E-state index contributed by atoms with van der Waals surface area (Å²) in [7, 11) is 0. The quantitative estimate of drug-likeness (QED) is 0.477. The topological polar surface area (TPSA) is 50.4 Å². The van der Waals surface area contributed by atoms with E-state index in [-0.39, 0.29) is 12.5 Å². The molecule has 0 unspecified atom stereocenters. The van der Waals surface area contributed by atoms with E-state index in [0.29, 0.717) is 17.3 Å². The van der Waals surface area contributed by atoms with Crippen LogP contribution in [0.15, 0.2) is 78.9 Å². The molecule has 0 saturated carbocycles. The second kappa shape index (κ2) is 10.4. The number of nitrogens with one attached hydrogen (secondary N) is 2. The molecule has 0 aliphatic rings. The summed E-state index contributed by atoms with van der Waals surface area (Å²) in [5.41, 5.74) is 2.69. The minimum Gasteiger partial charge on any atom is -0.491 e. The lowest BCUT2D eigenvalue weighted by molar-refractivity contribution is -0.114. The number of benzene rings is 3. The van der Waals surface area contributed by atoms with E-state index >= 15 is 0 Å². The molecule has 1 amide bonds. The van der Waals surface area contributed by atoms with Gasteiger partial charge in [0.05, 0.1) is 29.5 Å². The number of amides is 1. The van der Waals surface area contributed by atoms with Gasteiger partial charge in [0.15, 0.2) is 0 Å².